The molecule has 0 bridgehead atoms. The molecule has 2 amide bonds. The average molecular weight is 369 g/mol. The second-order valence-corrected chi connectivity index (χ2v) is 6.91. The molecule has 2 aromatic rings. The maximum atomic E-state index is 12.7. The summed E-state index contributed by atoms with van der Waals surface area (Å²) in [6.45, 7) is 5.87. The number of aromatic nitrogens is 2. The minimum atomic E-state index is -0.0941. The predicted molar refractivity (Wildman–Crippen MR) is 98.7 cm³/mol. The fourth-order valence-electron chi connectivity index (χ4n) is 3.60. The summed E-state index contributed by atoms with van der Waals surface area (Å²) < 4.78 is 5.20. The number of amides is 2. The molecule has 4 rings (SSSR count). The lowest BCUT2D eigenvalue weighted by atomic mass is 10.2. The molecule has 8 nitrogen and oxygen atoms in total. The lowest BCUT2D eigenvalue weighted by Gasteiger charge is -2.35. The highest BCUT2D eigenvalue weighted by molar-refractivity contribution is 5.93. The molecule has 142 valence electrons. The second kappa shape index (κ2) is 7.38. The van der Waals surface area contributed by atoms with E-state index in [2.05, 4.69) is 14.9 Å². The highest BCUT2D eigenvalue weighted by Gasteiger charge is 2.26. The van der Waals surface area contributed by atoms with Gasteiger partial charge < -0.3 is 19.1 Å². The summed E-state index contributed by atoms with van der Waals surface area (Å²) in [5.41, 5.74) is 0.452. The quantitative estimate of drug-likeness (QED) is 0.817. The van der Waals surface area contributed by atoms with Crippen molar-refractivity contribution in [2.75, 3.05) is 44.2 Å². The van der Waals surface area contributed by atoms with Gasteiger partial charge in [-0.3, -0.25) is 9.59 Å². The van der Waals surface area contributed by atoms with Crippen molar-refractivity contribution in [1.29, 1.82) is 0 Å². The number of likely N-dealkylation sites (tertiary alicyclic amines) is 1. The Morgan fingerprint density at radius 3 is 2.33 bits per heavy atom. The molecule has 2 fully saturated rings. The molecule has 2 aromatic heterocycles. The summed E-state index contributed by atoms with van der Waals surface area (Å²) >= 11 is 0. The number of carbonyl (C=O) groups is 2. The molecule has 0 aromatic carbocycles. The molecular weight excluding hydrogens is 346 g/mol. The third-order valence-electron chi connectivity index (χ3n) is 5.06. The van der Waals surface area contributed by atoms with E-state index in [1.807, 2.05) is 4.90 Å². The zero-order valence-corrected chi connectivity index (χ0v) is 15.4. The molecule has 8 heteroatoms. The molecule has 0 unspecified atom stereocenters. The Kier molecular flexibility index (Phi) is 4.79. The fraction of sp³-hybridized carbons (Fsp3) is 0.474. The Morgan fingerprint density at radius 2 is 1.67 bits per heavy atom. The molecule has 0 spiro atoms. The van der Waals surface area contributed by atoms with E-state index in [4.69, 9.17) is 4.42 Å². The number of rotatable bonds is 3. The summed E-state index contributed by atoms with van der Waals surface area (Å²) in [7, 11) is 0. The van der Waals surface area contributed by atoms with Crippen LogP contribution in [-0.4, -0.2) is 70.9 Å². The van der Waals surface area contributed by atoms with Crippen LogP contribution < -0.4 is 4.90 Å². The van der Waals surface area contributed by atoms with Gasteiger partial charge >= 0.3 is 0 Å². The number of aryl methyl sites for hydroxylation is 1. The van der Waals surface area contributed by atoms with Gasteiger partial charge in [0.1, 0.15) is 17.3 Å². The van der Waals surface area contributed by atoms with Gasteiger partial charge in [0.2, 0.25) is 0 Å². The lowest BCUT2D eigenvalue weighted by Crippen LogP contribution is -2.49. The summed E-state index contributed by atoms with van der Waals surface area (Å²) in [4.78, 5) is 39.6. The number of hydrogen-bond acceptors (Lipinski definition) is 6. The summed E-state index contributed by atoms with van der Waals surface area (Å²) in [6, 6.07) is 5.17. The number of carbonyl (C=O) groups excluding carboxylic acids is 2. The zero-order chi connectivity index (χ0) is 18.8. The SMILES string of the molecule is Cc1nc(C(=O)N2CCCC2)cc(N2CCN(C(=O)c3ccco3)CC2)n1. The first-order chi connectivity index (χ1) is 13.1. The fourth-order valence-corrected chi connectivity index (χ4v) is 3.60. The van der Waals surface area contributed by atoms with Crippen LogP contribution in [0.15, 0.2) is 28.9 Å². The molecule has 2 aliphatic rings. The van der Waals surface area contributed by atoms with Crippen LogP contribution in [-0.2, 0) is 0 Å². The Balaban J connectivity index is 1.45. The van der Waals surface area contributed by atoms with Crippen molar-refractivity contribution in [2.24, 2.45) is 0 Å². The third kappa shape index (κ3) is 3.65. The minimum absolute atomic E-state index is 0.0223. The van der Waals surface area contributed by atoms with Gasteiger partial charge in [-0.05, 0) is 31.9 Å². The van der Waals surface area contributed by atoms with Crippen LogP contribution in [0.5, 0.6) is 0 Å². The van der Waals surface area contributed by atoms with Crippen LogP contribution in [0.2, 0.25) is 0 Å². The van der Waals surface area contributed by atoms with E-state index in [1.54, 1.807) is 30.0 Å². The molecule has 0 saturated carbocycles. The first kappa shape index (κ1) is 17.5. The Morgan fingerprint density at radius 1 is 0.963 bits per heavy atom. The van der Waals surface area contributed by atoms with E-state index < -0.39 is 0 Å². The smallest absolute Gasteiger partial charge is 0.289 e. The van der Waals surface area contributed by atoms with Crippen LogP contribution in [0.25, 0.3) is 0 Å². The van der Waals surface area contributed by atoms with Gasteiger partial charge in [0.15, 0.2) is 5.76 Å². The van der Waals surface area contributed by atoms with Crippen LogP contribution in [0.3, 0.4) is 0 Å². The number of anilines is 1. The van der Waals surface area contributed by atoms with Gasteiger partial charge in [-0.2, -0.15) is 0 Å². The Hall–Kier alpha value is -2.90. The van der Waals surface area contributed by atoms with E-state index in [1.165, 1.54) is 6.26 Å². The lowest BCUT2D eigenvalue weighted by molar-refractivity contribution is 0.0714. The monoisotopic (exact) mass is 369 g/mol. The van der Waals surface area contributed by atoms with Crippen molar-refractivity contribution in [3.63, 3.8) is 0 Å². The van der Waals surface area contributed by atoms with E-state index in [0.29, 0.717) is 43.5 Å². The van der Waals surface area contributed by atoms with Crippen molar-refractivity contribution >= 4 is 17.6 Å². The molecule has 2 aliphatic heterocycles. The molecule has 2 saturated heterocycles. The van der Waals surface area contributed by atoms with Crippen LogP contribution >= 0.6 is 0 Å². The first-order valence-corrected chi connectivity index (χ1v) is 9.34. The summed E-state index contributed by atoms with van der Waals surface area (Å²) in [5, 5.41) is 0. The largest absolute Gasteiger partial charge is 0.459 e. The van der Waals surface area contributed by atoms with Crippen LogP contribution in [0, 0.1) is 6.92 Å². The number of nitrogens with zero attached hydrogens (tertiary/aromatic N) is 5. The van der Waals surface area contributed by atoms with Gasteiger partial charge in [-0.1, -0.05) is 0 Å². The summed E-state index contributed by atoms with van der Waals surface area (Å²) in [6.07, 6.45) is 3.61. The topological polar surface area (TPSA) is 82.8 Å². The predicted octanol–water partition coefficient (Wildman–Crippen LogP) is 1.58. The van der Waals surface area contributed by atoms with Crippen molar-refractivity contribution in [1.82, 2.24) is 19.8 Å². The highest BCUT2D eigenvalue weighted by atomic mass is 16.3. The third-order valence-corrected chi connectivity index (χ3v) is 5.06. The molecule has 27 heavy (non-hydrogen) atoms. The van der Waals surface area contributed by atoms with Crippen LogP contribution in [0.4, 0.5) is 5.82 Å². The molecule has 0 atom stereocenters. The van der Waals surface area contributed by atoms with Gasteiger partial charge in [-0.25, -0.2) is 9.97 Å². The Labute approximate surface area is 157 Å². The van der Waals surface area contributed by atoms with Gasteiger partial charge in [0.25, 0.3) is 11.8 Å². The highest BCUT2D eigenvalue weighted by Crippen LogP contribution is 2.19. The maximum absolute atomic E-state index is 12.7. The first-order valence-electron chi connectivity index (χ1n) is 9.34. The molecule has 0 N–H and O–H groups in total. The van der Waals surface area contributed by atoms with Crippen molar-refractivity contribution < 1.29 is 14.0 Å². The number of hydrogen-bond donors (Lipinski definition) is 0. The van der Waals surface area contributed by atoms with Crippen molar-refractivity contribution in [3.8, 4) is 0 Å². The molecular formula is C19H23N5O3. The second-order valence-electron chi connectivity index (χ2n) is 6.91. The summed E-state index contributed by atoms with van der Waals surface area (Å²) in [5.74, 6) is 1.58. The van der Waals surface area contributed by atoms with Gasteiger partial charge in [-0.15, -0.1) is 0 Å². The van der Waals surface area contributed by atoms with E-state index >= 15 is 0 Å². The average Bonchev–Trinajstić information content (AvgIpc) is 3.40. The van der Waals surface area contributed by atoms with Crippen molar-refractivity contribution in [2.45, 2.75) is 19.8 Å². The number of piperazine rings is 1. The van der Waals surface area contributed by atoms with Crippen molar-refractivity contribution in [3.05, 3.63) is 41.7 Å². The molecule has 0 radical (unpaired) electrons. The maximum Gasteiger partial charge on any atom is 0.289 e. The molecule has 4 heterocycles. The Bertz CT molecular complexity index is 822. The normalized spacial score (nSPS) is 17.4. The molecule has 0 aliphatic carbocycles. The van der Waals surface area contributed by atoms with Gasteiger partial charge in [0.05, 0.1) is 6.26 Å². The zero-order valence-electron chi connectivity index (χ0n) is 15.4. The van der Waals surface area contributed by atoms with E-state index in [-0.39, 0.29) is 11.8 Å². The van der Waals surface area contributed by atoms with Gasteiger partial charge in [0, 0.05) is 45.3 Å². The minimum Gasteiger partial charge on any atom is -0.459 e. The number of furan rings is 1. The van der Waals surface area contributed by atoms with E-state index in [9.17, 15) is 9.59 Å². The standard InChI is InChI=1S/C19H23N5O3/c1-14-20-15(18(25)23-6-2-3-7-23)13-17(21-14)22-8-10-24(11-9-22)19(26)16-5-4-12-27-16/h4-5,12-13H,2-3,6-11H2,1H3. The van der Waals surface area contributed by atoms with E-state index in [0.717, 1.165) is 31.7 Å². The van der Waals surface area contributed by atoms with Crippen LogP contribution in [0.1, 0.15) is 39.7 Å².